The predicted molar refractivity (Wildman–Crippen MR) is 69.4 cm³/mol. The number of amides is 2. The van der Waals surface area contributed by atoms with E-state index in [-0.39, 0.29) is 12.1 Å². The first-order chi connectivity index (χ1) is 8.39. The van der Waals surface area contributed by atoms with Gasteiger partial charge in [0.05, 0.1) is 0 Å². The zero-order valence-electron chi connectivity index (χ0n) is 11.5. The maximum Gasteiger partial charge on any atom is 0.329 e. The van der Waals surface area contributed by atoms with Crippen LogP contribution in [0.15, 0.2) is 0 Å². The predicted octanol–water partition coefficient (Wildman–Crippen LogP) is 2.12. The summed E-state index contributed by atoms with van der Waals surface area (Å²) in [6.45, 7) is 5.99. The highest BCUT2D eigenvalue weighted by Crippen LogP contribution is 2.32. The monoisotopic (exact) mass is 256 g/mol. The van der Waals surface area contributed by atoms with Gasteiger partial charge in [-0.05, 0) is 44.9 Å². The molecule has 18 heavy (non-hydrogen) atoms. The van der Waals surface area contributed by atoms with Crippen molar-refractivity contribution in [3.8, 4) is 0 Å². The Hall–Kier alpha value is -1.26. The zero-order valence-corrected chi connectivity index (χ0v) is 11.5. The fourth-order valence-corrected chi connectivity index (χ4v) is 2.23. The molecule has 0 spiro atoms. The Bertz CT molecular complexity index is 309. The normalized spacial score (nSPS) is 29.4. The topological polar surface area (TPSA) is 78.4 Å². The fourth-order valence-electron chi connectivity index (χ4n) is 2.23. The molecule has 1 saturated carbocycles. The Morgan fingerprint density at radius 3 is 2.39 bits per heavy atom. The third kappa shape index (κ3) is 3.62. The van der Waals surface area contributed by atoms with Crippen LogP contribution >= 0.6 is 0 Å². The third-order valence-electron chi connectivity index (χ3n) is 3.88. The van der Waals surface area contributed by atoms with E-state index in [1.807, 2.05) is 13.8 Å². The van der Waals surface area contributed by atoms with Crippen LogP contribution in [0.5, 0.6) is 0 Å². The summed E-state index contributed by atoms with van der Waals surface area (Å²) in [5.41, 5.74) is -1.08. The van der Waals surface area contributed by atoms with Gasteiger partial charge in [-0.25, -0.2) is 9.59 Å². The summed E-state index contributed by atoms with van der Waals surface area (Å²) < 4.78 is 0. The van der Waals surface area contributed by atoms with Crippen molar-refractivity contribution in [3.63, 3.8) is 0 Å². The van der Waals surface area contributed by atoms with Gasteiger partial charge in [-0.1, -0.05) is 13.8 Å². The van der Waals surface area contributed by atoms with Crippen molar-refractivity contribution in [1.82, 2.24) is 10.6 Å². The van der Waals surface area contributed by atoms with Gasteiger partial charge in [0.25, 0.3) is 0 Å². The molecule has 5 nitrogen and oxygen atoms in total. The van der Waals surface area contributed by atoms with Crippen LogP contribution < -0.4 is 10.6 Å². The summed E-state index contributed by atoms with van der Waals surface area (Å²) in [5, 5.41) is 14.8. The maximum atomic E-state index is 11.8. The first-order valence-electron chi connectivity index (χ1n) is 6.71. The second-order valence-corrected chi connectivity index (χ2v) is 5.48. The number of hydrogen-bond acceptors (Lipinski definition) is 2. The molecule has 5 heteroatoms. The van der Waals surface area contributed by atoms with E-state index in [1.54, 1.807) is 0 Å². The van der Waals surface area contributed by atoms with Crippen molar-refractivity contribution in [3.05, 3.63) is 0 Å². The number of carbonyl (C=O) groups is 2. The van der Waals surface area contributed by atoms with E-state index in [0.717, 1.165) is 19.3 Å². The standard InChI is InChI=1S/C13H24N2O3/c1-4-10(3)14-12(18)15-13(11(16)17)7-5-9(2)6-8-13/h9-10H,4-8H2,1-3H3,(H,16,17)(H2,14,15,18). The molecular weight excluding hydrogens is 232 g/mol. The second kappa shape index (κ2) is 6.07. The lowest BCUT2D eigenvalue weighted by Crippen LogP contribution is -2.59. The molecule has 104 valence electrons. The summed E-state index contributed by atoms with van der Waals surface area (Å²) in [5.74, 6) is -0.384. The summed E-state index contributed by atoms with van der Waals surface area (Å²) >= 11 is 0. The van der Waals surface area contributed by atoms with Crippen molar-refractivity contribution < 1.29 is 14.7 Å². The van der Waals surface area contributed by atoms with Crippen LogP contribution in [-0.4, -0.2) is 28.7 Å². The van der Waals surface area contributed by atoms with Gasteiger partial charge in [0.2, 0.25) is 0 Å². The summed E-state index contributed by atoms with van der Waals surface area (Å²) in [6, 6.07) is -0.320. The highest BCUT2D eigenvalue weighted by molar-refractivity contribution is 5.86. The van der Waals surface area contributed by atoms with E-state index in [0.29, 0.717) is 18.8 Å². The molecule has 0 aromatic heterocycles. The summed E-state index contributed by atoms with van der Waals surface area (Å²) in [7, 11) is 0. The Morgan fingerprint density at radius 1 is 1.39 bits per heavy atom. The minimum atomic E-state index is -1.08. The lowest BCUT2D eigenvalue weighted by atomic mass is 9.77. The number of carbonyl (C=O) groups excluding carboxylic acids is 1. The molecule has 0 aromatic rings. The van der Waals surface area contributed by atoms with Gasteiger partial charge in [0.1, 0.15) is 5.54 Å². The first-order valence-corrected chi connectivity index (χ1v) is 6.71. The molecule has 1 atom stereocenters. The number of urea groups is 1. The molecule has 1 unspecified atom stereocenters. The molecule has 3 N–H and O–H groups in total. The molecule has 0 heterocycles. The van der Waals surface area contributed by atoms with Crippen molar-refractivity contribution in [2.24, 2.45) is 5.92 Å². The van der Waals surface area contributed by atoms with Crippen molar-refractivity contribution in [1.29, 1.82) is 0 Å². The Morgan fingerprint density at radius 2 is 1.94 bits per heavy atom. The molecule has 1 rings (SSSR count). The van der Waals surface area contributed by atoms with Gasteiger partial charge in [-0.2, -0.15) is 0 Å². The van der Waals surface area contributed by atoms with Crippen LogP contribution in [-0.2, 0) is 4.79 Å². The largest absolute Gasteiger partial charge is 0.480 e. The molecule has 1 fully saturated rings. The third-order valence-corrected chi connectivity index (χ3v) is 3.88. The maximum absolute atomic E-state index is 11.8. The smallest absolute Gasteiger partial charge is 0.329 e. The van der Waals surface area contributed by atoms with Crippen LogP contribution in [0.4, 0.5) is 4.79 Å². The van der Waals surface area contributed by atoms with Crippen LogP contribution in [0.3, 0.4) is 0 Å². The van der Waals surface area contributed by atoms with E-state index < -0.39 is 11.5 Å². The van der Waals surface area contributed by atoms with Gasteiger partial charge in [0.15, 0.2) is 0 Å². The highest BCUT2D eigenvalue weighted by atomic mass is 16.4. The van der Waals surface area contributed by atoms with Crippen molar-refractivity contribution in [2.45, 2.75) is 64.5 Å². The second-order valence-electron chi connectivity index (χ2n) is 5.48. The number of hydrogen-bond donors (Lipinski definition) is 3. The number of nitrogens with one attached hydrogen (secondary N) is 2. The highest BCUT2D eigenvalue weighted by Gasteiger charge is 2.42. The molecule has 0 radical (unpaired) electrons. The molecule has 0 aromatic carbocycles. The molecular formula is C13H24N2O3. The van der Waals surface area contributed by atoms with Crippen molar-refractivity contribution >= 4 is 12.0 Å². The fraction of sp³-hybridized carbons (Fsp3) is 0.846. The summed E-state index contributed by atoms with van der Waals surface area (Å²) in [4.78, 5) is 23.2. The van der Waals surface area contributed by atoms with E-state index >= 15 is 0 Å². The first kappa shape index (κ1) is 14.8. The van der Waals surface area contributed by atoms with Gasteiger partial charge in [0, 0.05) is 6.04 Å². The van der Waals surface area contributed by atoms with Crippen LogP contribution in [0.1, 0.15) is 52.9 Å². The zero-order chi connectivity index (χ0) is 13.8. The molecule has 0 aliphatic heterocycles. The summed E-state index contributed by atoms with van der Waals surface area (Å²) in [6.07, 6.45) is 3.53. The van der Waals surface area contributed by atoms with E-state index in [4.69, 9.17) is 0 Å². The minimum absolute atomic E-state index is 0.0540. The molecule has 2 amide bonds. The lowest BCUT2D eigenvalue weighted by molar-refractivity contribution is -0.146. The van der Waals surface area contributed by atoms with Gasteiger partial charge >= 0.3 is 12.0 Å². The minimum Gasteiger partial charge on any atom is -0.480 e. The van der Waals surface area contributed by atoms with E-state index in [1.165, 1.54) is 0 Å². The van der Waals surface area contributed by atoms with Crippen LogP contribution in [0, 0.1) is 5.92 Å². The molecule has 1 aliphatic rings. The average Bonchev–Trinajstić information content (AvgIpc) is 2.31. The van der Waals surface area contributed by atoms with Crippen LogP contribution in [0.25, 0.3) is 0 Å². The Kier molecular flexibility index (Phi) is 4.99. The van der Waals surface area contributed by atoms with Gasteiger partial charge in [-0.15, -0.1) is 0 Å². The number of aliphatic carboxylic acids is 1. The molecule has 0 saturated heterocycles. The van der Waals surface area contributed by atoms with Crippen molar-refractivity contribution in [2.75, 3.05) is 0 Å². The van der Waals surface area contributed by atoms with Crippen LogP contribution in [0.2, 0.25) is 0 Å². The van der Waals surface area contributed by atoms with E-state index in [9.17, 15) is 14.7 Å². The quantitative estimate of drug-likeness (QED) is 0.721. The lowest BCUT2D eigenvalue weighted by Gasteiger charge is -2.36. The number of rotatable bonds is 4. The van der Waals surface area contributed by atoms with E-state index in [2.05, 4.69) is 17.6 Å². The SMILES string of the molecule is CCC(C)NC(=O)NC1(C(=O)O)CCC(C)CC1. The van der Waals surface area contributed by atoms with Gasteiger partial charge < -0.3 is 15.7 Å². The molecule has 1 aliphatic carbocycles. The Balaban J connectivity index is 2.63. The Labute approximate surface area is 108 Å². The van der Waals surface area contributed by atoms with Gasteiger partial charge in [-0.3, -0.25) is 0 Å². The molecule has 0 bridgehead atoms. The average molecular weight is 256 g/mol. The number of carboxylic acids is 1. The number of carboxylic acid groups (broad SMARTS) is 1.